The molecule has 0 spiro atoms. The molecule has 602 valence electrons. The molecular weight excluding hydrogens is 1710 g/mol. The number of benzene rings is 8. The number of hydrogen-bond acceptors (Lipinski definition) is 22. The zero-order valence-electron chi connectivity index (χ0n) is 61.1. The number of para-hydroxylation sites is 4. The van der Waals surface area contributed by atoms with Crippen molar-refractivity contribution in [2.45, 2.75) is 72.1 Å². The molecule has 22 nitrogen and oxygen atoms in total. The molecule has 12 rings (SSSR count). The van der Waals surface area contributed by atoms with Gasteiger partial charge in [-0.3, -0.25) is 21.6 Å². The minimum absolute atomic E-state index is 0. The Morgan fingerprint density at radius 1 is 0.438 bits per heavy atom. The highest BCUT2D eigenvalue weighted by Crippen LogP contribution is 2.47. The fraction of sp³-hybridized carbons (Fsp3) is 0.250. The summed E-state index contributed by atoms with van der Waals surface area (Å²) in [6, 6.07) is 50.4. The van der Waals surface area contributed by atoms with Crippen LogP contribution in [0.2, 0.25) is 0 Å². The predicted molar refractivity (Wildman–Crippen MR) is 481 cm³/mol. The molecule has 4 aliphatic heterocycles. The summed E-state index contributed by atoms with van der Waals surface area (Å²) in [5.74, 6) is 4.17. The van der Waals surface area contributed by atoms with E-state index in [9.17, 15) is 39.8 Å². The molecule has 0 radical (unpaired) electrons. The van der Waals surface area contributed by atoms with Gasteiger partial charge in [0.05, 0.1) is 49.7 Å². The summed E-state index contributed by atoms with van der Waals surface area (Å²) in [5.41, 5.74) is 6.40. The number of carbonyl (C=O) groups is 1. The molecule has 4 saturated heterocycles. The van der Waals surface area contributed by atoms with E-state index in [1.54, 1.807) is 42.5 Å². The normalized spacial score (nSPS) is 14.2. The lowest BCUT2D eigenvalue weighted by Crippen LogP contribution is -2.19. The standard InChI is InChI=1S/C17H17ClN2O3S2.C17H18N2O4S2.2C17H18N2O3S3.C4H8.C3H6.CH3.Cl2OS/c18-17(24)12-10-14(19-25(21)22)16(23-13-6-2-1-3-7-13)15(11-12)20-8-4-5-9-20;20-17(24)12-10-14(18-25(21)22)16(23-13-6-2-1-3-7-13)15(11-12)19-8-4-5-9-19;2*20-25(21)18-14-10-12(17(23)24)11-15(19-8-4-5-9-19)16(14)22-13-6-2-1-3-7-13;1-3-4-2;1-3-2;;1-4(2)3/h1-3,6-7,10-11,19H,4-5,8-9H2,(H,21,22);1-3,6-7,10-11,18H,4-5,8-9H2,(H,20,24)(H,21,22);2*1-3,6-7,10-11,18H,4-5,8-9H2,(H,20,21)(H,23,24);3-4H,1-2H3;3H,1H2,2H3;1H3;/q;;;;;;+1;/p-5. The first kappa shape index (κ1) is 95.6. The summed E-state index contributed by atoms with van der Waals surface area (Å²) < 4.78 is 133. The third-order valence-electron chi connectivity index (χ3n) is 16.0. The van der Waals surface area contributed by atoms with Crippen LogP contribution in [-0.2, 0) is 66.9 Å². The molecule has 0 saturated carbocycles. The van der Waals surface area contributed by atoms with Crippen molar-refractivity contribution < 1.29 is 63.0 Å². The molecule has 4 atom stereocenters. The highest BCUT2D eigenvalue weighted by molar-refractivity contribution is 8.26. The van der Waals surface area contributed by atoms with E-state index in [0.29, 0.717) is 95.2 Å². The number of nitrogens with zero attached hydrogens (tertiary/aromatic N) is 4. The van der Waals surface area contributed by atoms with Crippen LogP contribution in [0, 0.1) is 7.43 Å². The van der Waals surface area contributed by atoms with Gasteiger partial charge < -0.3 is 100 Å². The predicted octanol–water partition coefficient (Wildman–Crippen LogP) is 19.2. The summed E-state index contributed by atoms with van der Waals surface area (Å²) in [7, 11) is 7.36. The summed E-state index contributed by atoms with van der Waals surface area (Å²) in [5, 5.41) is -0.438. The summed E-state index contributed by atoms with van der Waals surface area (Å²) >= 11 is 24.5. The van der Waals surface area contributed by atoms with Crippen LogP contribution in [0.15, 0.2) is 195 Å². The molecule has 4 aliphatic rings. The van der Waals surface area contributed by atoms with Crippen molar-refractivity contribution in [2.24, 2.45) is 0 Å². The summed E-state index contributed by atoms with van der Waals surface area (Å²) in [6.07, 6.45) is 14.2. The number of anilines is 8. The topological polar surface area (TPSA) is 293 Å². The lowest BCUT2D eigenvalue weighted by atomic mass is 10.1. The Morgan fingerprint density at radius 2 is 0.652 bits per heavy atom. The molecule has 36 heteroatoms. The molecule has 8 aromatic carbocycles. The van der Waals surface area contributed by atoms with Gasteiger partial charge in [-0.25, -0.2) is 4.21 Å². The molecule has 4 fully saturated rings. The second-order valence-corrected chi connectivity index (χ2v) is 32.6. The minimum Gasteiger partial charge on any atom is -0.755 e. The SMILES string of the molecule is C=CC.CC=CC.O=C(S)c1cc(NS(=O)[O-])c(Oc2ccccc2)c(N2CCCC2)c1.O=S(Cl)Cl.O=S([O-])Nc1cc(C(=S)Cl)cc(N2CCCC2)c1Oc1ccccc1.O=S([O-])Nc1cc(C(=S)S)cc(N2CCCC2)c1Oc1ccccc1.O=S([O-])Nc1cc(C(=S)[S-])cc(N2CCCC2)c1Oc1ccccc1.[CH3+]. The van der Waals surface area contributed by atoms with Gasteiger partial charge in [0, 0.05) is 143 Å². The maximum Gasteiger partial charge on any atom is 0.216 e. The fourth-order valence-electron chi connectivity index (χ4n) is 11.2. The van der Waals surface area contributed by atoms with Gasteiger partial charge in [-0.2, -0.15) is 0 Å². The van der Waals surface area contributed by atoms with Gasteiger partial charge in [0.1, 0.15) is 27.3 Å². The Labute approximate surface area is 714 Å². The highest BCUT2D eigenvalue weighted by atomic mass is 36.0. The van der Waals surface area contributed by atoms with Crippen LogP contribution in [0.4, 0.5) is 45.5 Å². The number of rotatable bonds is 24. The molecule has 0 aliphatic carbocycles. The van der Waals surface area contributed by atoms with E-state index in [2.05, 4.69) is 91.7 Å². The number of ether oxygens (including phenoxy) is 4. The lowest BCUT2D eigenvalue weighted by molar-refractivity contribution is 0.109. The zero-order chi connectivity index (χ0) is 80.9. The quantitative estimate of drug-likeness (QED) is 0.00623. The van der Waals surface area contributed by atoms with Gasteiger partial charge in [-0.1, -0.05) is 127 Å². The summed E-state index contributed by atoms with van der Waals surface area (Å²) in [4.78, 5) is 20.3. The van der Waals surface area contributed by atoms with Crippen LogP contribution in [-0.4, -0.2) is 109 Å². The molecule has 4 heterocycles. The maximum atomic E-state index is 11.7. The van der Waals surface area contributed by atoms with E-state index in [0.717, 1.165) is 121 Å². The Morgan fingerprint density at radius 3 is 0.866 bits per heavy atom. The second kappa shape index (κ2) is 51.1. The number of nitrogens with one attached hydrogen (secondary N) is 4. The average molecular weight is 1790 g/mol. The average Bonchev–Trinajstić information content (AvgIpc) is 1.24. The second-order valence-electron chi connectivity index (χ2n) is 23.7. The van der Waals surface area contributed by atoms with Crippen LogP contribution < -0.4 is 57.4 Å². The monoisotopic (exact) mass is 1790 g/mol. The van der Waals surface area contributed by atoms with Crippen molar-refractivity contribution in [3.8, 4) is 46.0 Å². The van der Waals surface area contributed by atoms with Crippen LogP contribution in [0.25, 0.3) is 0 Å². The lowest BCUT2D eigenvalue weighted by Gasteiger charge is -2.26. The number of carbonyl (C=O) groups excluding carboxylic acids is 1. The van der Waals surface area contributed by atoms with E-state index in [1.165, 1.54) is 6.07 Å². The van der Waals surface area contributed by atoms with E-state index in [-0.39, 0.29) is 21.6 Å². The van der Waals surface area contributed by atoms with Gasteiger partial charge >= 0.3 is 0 Å². The van der Waals surface area contributed by atoms with Gasteiger partial charge in [-0.05, 0) is 175 Å². The van der Waals surface area contributed by atoms with Crippen LogP contribution in [0.1, 0.15) is 99.2 Å². The molecule has 4 N–H and O–H groups in total. The fourth-order valence-corrected chi connectivity index (χ4v) is 13.4. The maximum absolute atomic E-state index is 11.7. The number of halogens is 3. The van der Waals surface area contributed by atoms with Crippen LogP contribution in [0.5, 0.6) is 46.0 Å². The van der Waals surface area contributed by atoms with E-state index >= 15 is 0 Å². The highest BCUT2D eigenvalue weighted by Gasteiger charge is 2.27. The molecular formula is C76H83Cl3N8O14S11-4. The number of thiol groups is 2. The first-order chi connectivity index (χ1) is 53.2. The molecule has 0 amide bonds. The van der Waals surface area contributed by atoms with Crippen molar-refractivity contribution in [1.82, 2.24) is 0 Å². The Kier molecular flexibility index (Phi) is 43.6. The van der Waals surface area contributed by atoms with E-state index < -0.39 is 59.4 Å². The Hall–Kier alpha value is -6.97. The smallest absolute Gasteiger partial charge is 0.216 e. The van der Waals surface area contributed by atoms with Gasteiger partial charge in [0.2, 0.25) is 14.3 Å². The van der Waals surface area contributed by atoms with Crippen molar-refractivity contribution in [3.63, 3.8) is 0 Å². The molecule has 112 heavy (non-hydrogen) atoms. The number of hydrogen-bond donors (Lipinski definition) is 6. The largest absolute Gasteiger partial charge is 0.755 e. The van der Waals surface area contributed by atoms with Crippen molar-refractivity contribution in [2.75, 3.05) is 90.8 Å². The third kappa shape index (κ3) is 32.4. The van der Waals surface area contributed by atoms with Crippen LogP contribution in [0.3, 0.4) is 0 Å². The van der Waals surface area contributed by atoms with Gasteiger partial charge in [-0.15, -0.1) is 36.0 Å². The van der Waals surface area contributed by atoms with E-state index in [4.69, 9.17) is 84.0 Å². The van der Waals surface area contributed by atoms with Crippen molar-refractivity contribution in [1.29, 1.82) is 0 Å². The van der Waals surface area contributed by atoms with Crippen LogP contribution >= 0.6 is 94.9 Å². The first-order valence-electron chi connectivity index (χ1n) is 34.1. The van der Waals surface area contributed by atoms with E-state index in [1.807, 2.05) is 160 Å². The van der Waals surface area contributed by atoms with Crippen molar-refractivity contribution >= 4 is 225 Å². The minimum atomic E-state index is -2.55. The van der Waals surface area contributed by atoms with Crippen molar-refractivity contribution in [3.05, 3.63) is 224 Å². The first-order valence-corrected chi connectivity index (χ1v) is 44.1. The number of thiocarbonyl (C=S) groups is 3. The van der Waals surface area contributed by atoms with Gasteiger partial charge in [0.15, 0.2) is 23.0 Å². The Bertz CT molecular complexity index is 3990. The summed E-state index contributed by atoms with van der Waals surface area (Å²) in [6.45, 7) is 16.1. The molecule has 0 aromatic heterocycles. The Balaban J connectivity index is 0.000000254. The molecule has 8 aromatic rings. The zero-order valence-corrected chi connectivity index (χ0v) is 72.5. The molecule has 4 unspecified atom stereocenters. The third-order valence-corrected chi connectivity index (χ3v) is 19.2. The molecule has 0 bridgehead atoms. The van der Waals surface area contributed by atoms with Gasteiger partial charge in [0.25, 0.3) is 0 Å². The number of allylic oxidation sites excluding steroid dienone is 3.